The van der Waals surface area contributed by atoms with Gasteiger partial charge in [0.2, 0.25) is 5.95 Å². The molecule has 2 atom stereocenters. The van der Waals surface area contributed by atoms with Crippen LogP contribution in [0.5, 0.6) is 0 Å². The number of halogens is 1. The highest BCUT2D eigenvalue weighted by Crippen LogP contribution is 2.48. The second-order valence-electron chi connectivity index (χ2n) is 9.00. The van der Waals surface area contributed by atoms with E-state index in [1.54, 1.807) is 17.7 Å². The van der Waals surface area contributed by atoms with Crippen molar-refractivity contribution >= 4 is 23.4 Å². The lowest BCUT2D eigenvalue weighted by Gasteiger charge is -2.42. The van der Waals surface area contributed by atoms with E-state index < -0.39 is 0 Å². The van der Waals surface area contributed by atoms with Crippen LogP contribution in [0.4, 0.5) is 11.8 Å². The standard InChI is InChI=1S/C22H30ClN5O/c1-13-10-17(24)22(12-13)6-8-28(9-7-22)21-26-19(25)18(20(29)27(21)3)15-5-4-14(2)16(23)11-15/h4-5,11,13,17H,6-10,12,24-25H2,1-3H3/t13-,17+/m0/s1. The van der Waals surface area contributed by atoms with Crippen LogP contribution in [0.2, 0.25) is 5.02 Å². The van der Waals surface area contributed by atoms with Crippen LogP contribution in [-0.4, -0.2) is 28.7 Å². The summed E-state index contributed by atoms with van der Waals surface area (Å²) in [6, 6.07) is 5.80. The van der Waals surface area contributed by atoms with Gasteiger partial charge in [-0.05, 0) is 61.1 Å². The molecule has 6 nitrogen and oxygen atoms in total. The fourth-order valence-corrected chi connectivity index (χ4v) is 5.43. The first kappa shape index (κ1) is 20.2. The molecule has 29 heavy (non-hydrogen) atoms. The molecule has 1 aromatic carbocycles. The molecule has 7 heteroatoms. The summed E-state index contributed by atoms with van der Waals surface area (Å²) < 4.78 is 1.61. The largest absolute Gasteiger partial charge is 0.383 e. The fraction of sp³-hybridized carbons (Fsp3) is 0.545. The van der Waals surface area contributed by atoms with E-state index in [2.05, 4.69) is 16.8 Å². The van der Waals surface area contributed by atoms with Crippen LogP contribution in [0.3, 0.4) is 0 Å². The third kappa shape index (κ3) is 3.42. The quantitative estimate of drug-likeness (QED) is 0.785. The van der Waals surface area contributed by atoms with E-state index >= 15 is 0 Å². The maximum Gasteiger partial charge on any atom is 0.264 e. The molecule has 0 radical (unpaired) electrons. The molecule has 1 aromatic heterocycles. The minimum absolute atomic E-state index is 0.154. The van der Waals surface area contributed by atoms with Gasteiger partial charge in [0.15, 0.2) is 0 Å². The summed E-state index contributed by atoms with van der Waals surface area (Å²) in [5.74, 6) is 1.56. The summed E-state index contributed by atoms with van der Waals surface area (Å²) in [4.78, 5) is 19.9. The Morgan fingerprint density at radius 2 is 1.97 bits per heavy atom. The van der Waals surface area contributed by atoms with E-state index in [0.29, 0.717) is 28.0 Å². The zero-order chi connectivity index (χ0) is 20.9. The van der Waals surface area contributed by atoms with Crippen molar-refractivity contribution in [3.05, 3.63) is 39.1 Å². The van der Waals surface area contributed by atoms with E-state index in [0.717, 1.165) is 37.9 Å². The Hall–Kier alpha value is -2.05. The number of rotatable bonds is 2. The van der Waals surface area contributed by atoms with Crippen molar-refractivity contribution in [3.63, 3.8) is 0 Å². The summed E-state index contributed by atoms with van der Waals surface area (Å²) in [6.45, 7) is 5.91. The van der Waals surface area contributed by atoms with E-state index in [-0.39, 0.29) is 22.8 Å². The number of aryl methyl sites for hydroxylation is 1. The van der Waals surface area contributed by atoms with Crippen molar-refractivity contribution in [3.8, 4) is 11.1 Å². The van der Waals surface area contributed by atoms with Crippen LogP contribution < -0.4 is 21.9 Å². The summed E-state index contributed by atoms with van der Waals surface area (Å²) in [6.07, 6.45) is 4.37. The highest BCUT2D eigenvalue weighted by molar-refractivity contribution is 6.31. The van der Waals surface area contributed by atoms with Crippen molar-refractivity contribution in [2.24, 2.45) is 24.1 Å². The molecule has 156 valence electrons. The lowest BCUT2D eigenvalue weighted by Crippen LogP contribution is -2.48. The van der Waals surface area contributed by atoms with Crippen LogP contribution in [0.1, 0.15) is 38.2 Å². The van der Waals surface area contributed by atoms with E-state index in [1.807, 2.05) is 19.1 Å². The Balaban J connectivity index is 1.63. The van der Waals surface area contributed by atoms with E-state index in [1.165, 1.54) is 6.42 Å². The van der Waals surface area contributed by atoms with E-state index in [4.69, 9.17) is 23.1 Å². The van der Waals surface area contributed by atoms with Gasteiger partial charge in [0, 0.05) is 31.2 Å². The Bertz CT molecular complexity index is 993. The normalized spacial score (nSPS) is 23.7. The molecule has 2 aliphatic rings. The lowest BCUT2D eigenvalue weighted by molar-refractivity contribution is 0.192. The first-order valence-corrected chi connectivity index (χ1v) is 10.7. The zero-order valence-electron chi connectivity index (χ0n) is 17.4. The number of hydrogen-bond donors (Lipinski definition) is 2. The third-order valence-corrected chi connectivity index (χ3v) is 7.40. The number of hydrogen-bond acceptors (Lipinski definition) is 5. The Morgan fingerprint density at radius 3 is 2.55 bits per heavy atom. The zero-order valence-corrected chi connectivity index (χ0v) is 18.2. The maximum atomic E-state index is 13.1. The lowest BCUT2D eigenvalue weighted by atomic mass is 9.74. The summed E-state index contributed by atoms with van der Waals surface area (Å²) in [5.41, 5.74) is 14.9. The van der Waals surface area contributed by atoms with Crippen molar-refractivity contribution in [2.75, 3.05) is 23.7 Å². The van der Waals surface area contributed by atoms with Gasteiger partial charge in [-0.3, -0.25) is 9.36 Å². The van der Waals surface area contributed by atoms with Crippen LogP contribution in [0, 0.1) is 18.3 Å². The Kier molecular flexibility index (Phi) is 5.11. The topological polar surface area (TPSA) is 90.2 Å². The molecule has 1 saturated carbocycles. The van der Waals surface area contributed by atoms with Crippen LogP contribution in [0.15, 0.2) is 23.0 Å². The number of benzene rings is 1. The smallest absolute Gasteiger partial charge is 0.264 e. The minimum atomic E-state index is -0.154. The molecule has 2 heterocycles. The van der Waals surface area contributed by atoms with E-state index in [9.17, 15) is 4.79 Å². The molecule has 0 unspecified atom stereocenters. The van der Waals surface area contributed by atoms with Crippen LogP contribution in [0.25, 0.3) is 11.1 Å². The van der Waals surface area contributed by atoms with Crippen molar-refractivity contribution < 1.29 is 0 Å². The van der Waals surface area contributed by atoms with Gasteiger partial charge in [-0.1, -0.05) is 30.7 Å². The summed E-state index contributed by atoms with van der Waals surface area (Å²) >= 11 is 6.25. The molecule has 4 rings (SSSR count). The summed E-state index contributed by atoms with van der Waals surface area (Å²) in [7, 11) is 1.76. The van der Waals surface area contributed by atoms with Crippen molar-refractivity contribution in [1.29, 1.82) is 0 Å². The average molecular weight is 416 g/mol. The highest BCUT2D eigenvalue weighted by atomic mass is 35.5. The minimum Gasteiger partial charge on any atom is -0.383 e. The number of aromatic nitrogens is 2. The Labute approximate surface area is 176 Å². The first-order chi connectivity index (χ1) is 13.7. The number of nitrogens with zero attached hydrogens (tertiary/aromatic N) is 3. The molecule has 2 aromatic rings. The van der Waals surface area contributed by atoms with Crippen molar-refractivity contribution in [2.45, 2.75) is 45.6 Å². The number of nitrogen functional groups attached to an aromatic ring is 1. The molecular weight excluding hydrogens is 386 g/mol. The van der Waals surface area contributed by atoms with Gasteiger partial charge < -0.3 is 16.4 Å². The number of nitrogens with two attached hydrogens (primary N) is 2. The van der Waals surface area contributed by atoms with Gasteiger partial charge in [0.25, 0.3) is 5.56 Å². The van der Waals surface area contributed by atoms with Crippen molar-refractivity contribution in [1.82, 2.24) is 9.55 Å². The second kappa shape index (κ2) is 7.33. The SMILES string of the molecule is Cc1ccc(-c2c(N)nc(N3CCC4(CC3)C[C@@H](C)C[C@H]4N)n(C)c2=O)cc1Cl. The average Bonchev–Trinajstić information content (AvgIpc) is 2.95. The monoisotopic (exact) mass is 415 g/mol. The van der Waals surface area contributed by atoms with Gasteiger partial charge in [0.05, 0.1) is 5.56 Å². The van der Waals surface area contributed by atoms with Gasteiger partial charge in [-0.25, -0.2) is 0 Å². The van der Waals surface area contributed by atoms with Gasteiger partial charge in [-0.15, -0.1) is 0 Å². The van der Waals surface area contributed by atoms with Crippen LogP contribution in [-0.2, 0) is 7.05 Å². The predicted octanol–water partition coefficient (Wildman–Crippen LogP) is 3.34. The second-order valence-corrected chi connectivity index (χ2v) is 9.41. The van der Waals surface area contributed by atoms with Gasteiger partial charge in [-0.2, -0.15) is 4.98 Å². The molecular formula is C22H30ClN5O. The van der Waals surface area contributed by atoms with Gasteiger partial charge >= 0.3 is 0 Å². The Morgan fingerprint density at radius 1 is 1.28 bits per heavy atom. The first-order valence-electron chi connectivity index (χ1n) is 10.4. The molecule has 1 aliphatic heterocycles. The number of piperidine rings is 1. The van der Waals surface area contributed by atoms with Gasteiger partial charge in [0.1, 0.15) is 5.82 Å². The molecule has 1 aliphatic carbocycles. The summed E-state index contributed by atoms with van der Waals surface area (Å²) in [5, 5.41) is 0.608. The number of anilines is 2. The fourth-order valence-electron chi connectivity index (χ4n) is 5.25. The molecule has 2 fully saturated rings. The molecule has 1 spiro atoms. The molecule has 4 N–H and O–H groups in total. The van der Waals surface area contributed by atoms with Crippen LogP contribution >= 0.6 is 11.6 Å². The molecule has 0 amide bonds. The third-order valence-electron chi connectivity index (χ3n) is 7.00. The molecule has 0 bridgehead atoms. The highest BCUT2D eigenvalue weighted by Gasteiger charge is 2.46. The maximum absolute atomic E-state index is 13.1. The predicted molar refractivity (Wildman–Crippen MR) is 119 cm³/mol. The molecule has 1 saturated heterocycles.